The third kappa shape index (κ3) is 2.58. The van der Waals surface area contributed by atoms with Crippen molar-refractivity contribution < 1.29 is 0 Å². The molecule has 0 saturated carbocycles. The van der Waals surface area contributed by atoms with Gasteiger partial charge in [0.1, 0.15) is 0 Å². The van der Waals surface area contributed by atoms with E-state index in [0.29, 0.717) is 0 Å². The molecule has 0 spiro atoms. The summed E-state index contributed by atoms with van der Waals surface area (Å²) in [6.07, 6.45) is 0. The predicted octanol–water partition coefficient (Wildman–Crippen LogP) is 2.42. The summed E-state index contributed by atoms with van der Waals surface area (Å²) in [5, 5.41) is 12.0. The molecule has 0 fully saturated rings. The van der Waals surface area contributed by atoms with Gasteiger partial charge in [-0.1, -0.05) is 30.3 Å². The Hall–Kier alpha value is -1.33. The highest BCUT2D eigenvalue weighted by Crippen LogP contribution is 2.19. The van der Waals surface area contributed by atoms with Crippen LogP contribution in [0.1, 0.15) is 26.3 Å². The minimum absolute atomic E-state index is 0.134. The van der Waals surface area contributed by atoms with E-state index in [0.717, 1.165) is 0 Å². The van der Waals surface area contributed by atoms with E-state index in [-0.39, 0.29) is 11.6 Å². The molecule has 1 aromatic carbocycles. The average molecular weight is 188 g/mol. The second-order valence-corrected chi connectivity index (χ2v) is 3.99. The second kappa shape index (κ2) is 4.26. The van der Waals surface area contributed by atoms with Crippen LogP contribution in [-0.4, -0.2) is 6.04 Å². The number of rotatable bonds is 3. The lowest BCUT2D eigenvalue weighted by molar-refractivity contribution is 0.385. The highest BCUT2D eigenvalue weighted by atomic mass is 15.0. The summed E-state index contributed by atoms with van der Waals surface area (Å²) in [6, 6.07) is 12.2. The summed E-state index contributed by atoms with van der Waals surface area (Å²) < 4.78 is 0. The molecule has 0 aliphatic carbocycles. The van der Waals surface area contributed by atoms with Crippen LogP contribution in [0.4, 0.5) is 0 Å². The van der Waals surface area contributed by atoms with Gasteiger partial charge in [-0.2, -0.15) is 5.26 Å². The summed E-state index contributed by atoms with van der Waals surface area (Å²) >= 11 is 0. The maximum atomic E-state index is 8.73. The van der Waals surface area contributed by atoms with E-state index in [1.54, 1.807) is 0 Å². The Morgan fingerprint density at radius 2 is 1.86 bits per heavy atom. The van der Waals surface area contributed by atoms with Gasteiger partial charge < -0.3 is 0 Å². The van der Waals surface area contributed by atoms with Gasteiger partial charge in [0, 0.05) is 5.54 Å². The Morgan fingerprint density at radius 3 is 2.36 bits per heavy atom. The summed E-state index contributed by atoms with van der Waals surface area (Å²) in [5.74, 6) is 0. The van der Waals surface area contributed by atoms with E-state index in [2.05, 4.69) is 37.4 Å². The monoisotopic (exact) mass is 188 g/mol. The molecule has 0 aromatic heterocycles. The van der Waals surface area contributed by atoms with Crippen molar-refractivity contribution in [2.75, 3.05) is 0 Å². The summed E-state index contributed by atoms with van der Waals surface area (Å²) in [5.41, 5.74) is 1.04. The van der Waals surface area contributed by atoms with Gasteiger partial charge in [-0.15, -0.1) is 0 Å². The molecule has 1 atom stereocenters. The van der Waals surface area contributed by atoms with Gasteiger partial charge in [0.25, 0.3) is 0 Å². The van der Waals surface area contributed by atoms with Crippen molar-refractivity contribution in [1.29, 1.82) is 5.26 Å². The zero-order valence-corrected chi connectivity index (χ0v) is 8.91. The van der Waals surface area contributed by atoms with Crippen molar-refractivity contribution in [3.05, 3.63) is 35.9 Å². The molecule has 1 unspecified atom stereocenters. The van der Waals surface area contributed by atoms with Crippen LogP contribution in [0.5, 0.6) is 0 Å². The lowest BCUT2D eigenvalue weighted by Gasteiger charge is -2.28. The molecule has 0 saturated heterocycles. The smallest absolute Gasteiger partial charge is 0.0931 e. The fraction of sp³-hybridized carbons (Fsp3) is 0.417. The molecule has 0 aliphatic rings. The Morgan fingerprint density at radius 1 is 1.29 bits per heavy atom. The van der Waals surface area contributed by atoms with Gasteiger partial charge in [-0.3, -0.25) is 5.32 Å². The molecule has 0 bridgehead atoms. The third-order valence-corrected chi connectivity index (χ3v) is 2.27. The van der Waals surface area contributed by atoms with Crippen molar-refractivity contribution in [3.63, 3.8) is 0 Å². The number of benzene rings is 1. The zero-order chi connectivity index (χ0) is 10.6. The fourth-order valence-corrected chi connectivity index (χ4v) is 1.51. The first-order valence-electron chi connectivity index (χ1n) is 4.79. The first kappa shape index (κ1) is 10.7. The molecule has 1 aromatic rings. The van der Waals surface area contributed by atoms with Crippen molar-refractivity contribution >= 4 is 0 Å². The highest BCUT2D eigenvalue weighted by Gasteiger charge is 2.21. The number of nitrogens with zero attached hydrogens (tertiary/aromatic N) is 1. The topological polar surface area (TPSA) is 35.8 Å². The summed E-state index contributed by atoms with van der Waals surface area (Å²) in [4.78, 5) is 0. The van der Waals surface area contributed by atoms with Crippen molar-refractivity contribution in [2.24, 2.45) is 0 Å². The number of nitriles is 1. The molecular weight excluding hydrogens is 172 g/mol. The van der Waals surface area contributed by atoms with E-state index in [1.165, 1.54) is 5.56 Å². The molecule has 0 heterocycles. The Labute approximate surface area is 85.6 Å². The van der Waals surface area contributed by atoms with Crippen LogP contribution in [0.15, 0.2) is 30.3 Å². The quantitative estimate of drug-likeness (QED) is 0.790. The molecule has 2 heteroatoms. The van der Waals surface area contributed by atoms with E-state index in [9.17, 15) is 0 Å². The summed E-state index contributed by atoms with van der Waals surface area (Å²) in [6.45, 7) is 6.02. The van der Waals surface area contributed by atoms with Crippen molar-refractivity contribution in [2.45, 2.75) is 32.4 Å². The van der Waals surface area contributed by atoms with Crippen LogP contribution < -0.4 is 5.32 Å². The van der Waals surface area contributed by atoms with Gasteiger partial charge in [-0.05, 0) is 26.3 Å². The molecule has 0 amide bonds. The van der Waals surface area contributed by atoms with Crippen LogP contribution in [-0.2, 0) is 5.54 Å². The van der Waals surface area contributed by atoms with Crippen LogP contribution in [0.3, 0.4) is 0 Å². The van der Waals surface area contributed by atoms with Crippen LogP contribution in [0.25, 0.3) is 0 Å². The molecular formula is C12H16N2. The van der Waals surface area contributed by atoms with Crippen LogP contribution in [0, 0.1) is 11.3 Å². The average Bonchev–Trinajstić information content (AvgIpc) is 2.18. The Kier molecular flexibility index (Phi) is 3.27. The molecule has 1 N–H and O–H groups in total. The lowest BCUT2D eigenvalue weighted by atomic mass is 9.93. The van der Waals surface area contributed by atoms with Gasteiger partial charge in [0.05, 0.1) is 12.1 Å². The lowest BCUT2D eigenvalue weighted by Crippen LogP contribution is -2.41. The molecule has 1 rings (SSSR count). The molecule has 14 heavy (non-hydrogen) atoms. The normalized spacial score (nSPS) is 13.3. The van der Waals surface area contributed by atoms with Gasteiger partial charge in [0.2, 0.25) is 0 Å². The van der Waals surface area contributed by atoms with Crippen LogP contribution in [0.2, 0.25) is 0 Å². The van der Waals surface area contributed by atoms with E-state index in [1.807, 2.05) is 25.1 Å². The molecule has 74 valence electrons. The SMILES string of the molecule is CC(C#N)NC(C)(C)c1ccccc1. The van der Waals surface area contributed by atoms with Gasteiger partial charge in [-0.25, -0.2) is 0 Å². The molecule has 0 radical (unpaired) electrons. The van der Waals surface area contributed by atoms with Crippen LogP contribution >= 0.6 is 0 Å². The van der Waals surface area contributed by atoms with Gasteiger partial charge >= 0.3 is 0 Å². The number of hydrogen-bond donors (Lipinski definition) is 1. The van der Waals surface area contributed by atoms with Crippen molar-refractivity contribution in [1.82, 2.24) is 5.32 Å². The van der Waals surface area contributed by atoms with E-state index < -0.39 is 0 Å². The van der Waals surface area contributed by atoms with E-state index >= 15 is 0 Å². The van der Waals surface area contributed by atoms with Crippen molar-refractivity contribution in [3.8, 4) is 6.07 Å². The third-order valence-electron chi connectivity index (χ3n) is 2.27. The van der Waals surface area contributed by atoms with E-state index in [4.69, 9.17) is 5.26 Å². The van der Waals surface area contributed by atoms with Gasteiger partial charge in [0.15, 0.2) is 0 Å². The maximum Gasteiger partial charge on any atom is 0.0931 e. The predicted molar refractivity (Wildman–Crippen MR) is 57.7 cm³/mol. The first-order valence-corrected chi connectivity index (χ1v) is 4.79. The number of nitrogens with one attached hydrogen (secondary N) is 1. The molecule has 2 nitrogen and oxygen atoms in total. The molecule has 0 aliphatic heterocycles. The summed E-state index contributed by atoms with van der Waals surface area (Å²) in [7, 11) is 0. The Bertz CT molecular complexity index is 322. The largest absolute Gasteiger partial charge is 0.293 e. The fourth-order valence-electron chi connectivity index (χ4n) is 1.51. The maximum absolute atomic E-state index is 8.73. The minimum Gasteiger partial charge on any atom is -0.293 e. The standard InChI is InChI=1S/C12H16N2/c1-10(9-13)14-12(2,3)11-7-5-4-6-8-11/h4-8,10,14H,1-3H3. The number of hydrogen-bond acceptors (Lipinski definition) is 2. The highest BCUT2D eigenvalue weighted by molar-refractivity contribution is 5.23. The zero-order valence-electron chi connectivity index (χ0n) is 8.91. The minimum atomic E-state index is -0.156. The Balaban J connectivity index is 2.81. The second-order valence-electron chi connectivity index (χ2n) is 3.99. The first-order chi connectivity index (χ1) is 6.56.